The number of halogens is 1. The van der Waals surface area contributed by atoms with Crippen LogP contribution in [0.15, 0.2) is 18.2 Å². The molecule has 0 radical (unpaired) electrons. The maximum absolute atomic E-state index is 12.3. The van der Waals surface area contributed by atoms with Gasteiger partial charge in [-0.25, -0.2) is 0 Å². The average molecular weight is 353 g/mol. The molecule has 0 spiro atoms. The van der Waals surface area contributed by atoms with E-state index in [2.05, 4.69) is 5.32 Å². The molecule has 2 fully saturated rings. The number of benzene rings is 1. The van der Waals surface area contributed by atoms with Gasteiger partial charge in [0.05, 0.1) is 11.8 Å². The van der Waals surface area contributed by atoms with Crippen LogP contribution in [0.5, 0.6) is 5.75 Å². The number of anilines is 1. The topological polar surface area (TPSA) is 73.6 Å². The van der Waals surface area contributed by atoms with Crippen LogP contribution in [0.2, 0.25) is 5.02 Å². The molecule has 6 heteroatoms. The standard InChI is InChI=1S/C18H25ClN2O3/c19-13-6-7-17(24-11-14-4-2-8-23-14)16(10-13)21-18(22)9-12-3-1-5-15(12)20/h6-7,10,12,14-15H,1-5,8-9,11,20H2,(H,21,22)/t12-,14?,15+/m0/s1. The van der Waals surface area contributed by atoms with Crippen LogP contribution in [-0.4, -0.2) is 31.3 Å². The number of nitrogens with two attached hydrogens (primary N) is 1. The van der Waals surface area contributed by atoms with Gasteiger partial charge in [-0.2, -0.15) is 0 Å². The lowest BCUT2D eigenvalue weighted by atomic mass is 10.00. The lowest BCUT2D eigenvalue weighted by Gasteiger charge is -2.17. The maximum Gasteiger partial charge on any atom is 0.224 e. The molecule has 1 amide bonds. The summed E-state index contributed by atoms with van der Waals surface area (Å²) in [6, 6.07) is 5.40. The summed E-state index contributed by atoms with van der Waals surface area (Å²) in [6.45, 7) is 1.28. The SMILES string of the molecule is N[C@@H]1CCC[C@H]1CC(=O)Nc1cc(Cl)ccc1OCC1CCCO1. The summed E-state index contributed by atoms with van der Waals surface area (Å²) >= 11 is 6.07. The molecular weight excluding hydrogens is 328 g/mol. The lowest BCUT2D eigenvalue weighted by Crippen LogP contribution is -2.28. The monoisotopic (exact) mass is 352 g/mol. The van der Waals surface area contributed by atoms with E-state index in [0.29, 0.717) is 29.5 Å². The fourth-order valence-corrected chi connectivity index (χ4v) is 3.61. The van der Waals surface area contributed by atoms with E-state index in [-0.39, 0.29) is 24.0 Å². The van der Waals surface area contributed by atoms with E-state index in [0.717, 1.165) is 38.7 Å². The third-order valence-electron chi connectivity index (χ3n) is 4.83. The van der Waals surface area contributed by atoms with Crippen LogP contribution in [0.1, 0.15) is 38.5 Å². The first-order chi connectivity index (χ1) is 11.6. The number of carbonyl (C=O) groups excluding carboxylic acids is 1. The van der Waals surface area contributed by atoms with Crippen LogP contribution in [-0.2, 0) is 9.53 Å². The van der Waals surface area contributed by atoms with Crippen molar-refractivity contribution in [1.82, 2.24) is 0 Å². The Morgan fingerprint density at radius 2 is 2.21 bits per heavy atom. The van der Waals surface area contributed by atoms with Crippen molar-refractivity contribution in [3.63, 3.8) is 0 Å². The van der Waals surface area contributed by atoms with Crippen LogP contribution in [0.3, 0.4) is 0 Å². The van der Waals surface area contributed by atoms with Crippen LogP contribution < -0.4 is 15.8 Å². The summed E-state index contributed by atoms with van der Waals surface area (Å²) in [7, 11) is 0. The molecule has 1 aromatic rings. The Kier molecular flexibility index (Phi) is 5.98. The van der Waals surface area contributed by atoms with Gasteiger partial charge in [-0.3, -0.25) is 4.79 Å². The first-order valence-electron chi connectivity index (χ1n) is 8.71. The minimum atomic E-state index is -0.0402. The van der Waals surface area contributed by atoms with E-state index in [9.17, 15) is 4.79 Å². The smallest absolute Gasteiger partial charge is 0.224 e. The van der Waals surface area contributed by atoms with E-state index in [1.165, 1.54) is 0 Å². The first kappa shape index (κ1) is 17.5. The molecule has 3 atom stereocenters. The molecule has 1 heterocycles. The molecule has 1 saturated carbocycles. The highest BCUT2D eigenvalue weighted by atomic mass is 35.5. The Morgan fingerprint density at radius 1 is 1.33 bits per heavy atom. The molecule has 1 saturated heterocycles. The molecule has 1 aliphatic carbocycles. The largest absolute Gasteiger partial charge is 0.489 e. The van der Waals surface area contributed by atoms with Crippen LogP contribution in [0.4, 0.5) is 5.69 Å². The molecule has 5 nitrogen and oxygen atoms in total. The van der Waals surface area contributed by atoms with Crippen molar-refractivity contribution in [2.24, 2.45) is 11.7 Å². The molecule has 132 valence electrons. The summed E-state index contributed by atoms with van der Waals surface area (Å²) in [5.74, 6) is 0.848. The quantitative estimate of drug-likeness (QED) is 0.823. The van der Waals surface area contributed by atoms with Crippen molar-refractivity contribution in [3.05, 3.63) is 23.2 Å². The summed E-state index contributed by atoms with van der Waals surface area (Å²) in [4.78, 5) is 12.3. The van der Waals surface area contributed by atoms with E-state index in [4.69, 9.17) is 26.8 Å². The minimum absolute atomic E-state index is 0.0402. The molecule has 3 N–H and O–H groups in total. The Morgan fingerprint density at radius 3 is 2.92 bits per heavy atom. The van der Waals surface area contributed by atoms with Crippen LogP contribution in [0, 0.1) is 5.92 Å². The zero-order valence-electron chi connectivity index (χ0n) is 13.8. The number of ether oxygens (including phenoxy) is 2. The third kappa shape index (κ3) is 4.62. The van der Waals surface area contributed by atoms with Gasteiger partial charge in [0.25, 0.3) is 0 Å². The van der Waals surface area contributed by atoms with Gasteiger partial charge < -0.3 is 20.5 Å². The second-order valence-corrected chi connectivity index (χ2v) is 7.13. The Labute approximate surface area is 147 Å². The molecule has 24 heavy (non-hydrogen) atoms. The van der Waals surface area contributed by atoms with Crippen molar-refractivity contribution in [2.75, 3.05) is 18.5 Å². The molecule has 2 aliphatic rings. The fourth-order valence-electron chi connectivity index (χ4n) is 3.44. The van der Waals surface area contributed by atoms with Gasteiger partial charge >= 0.3 is 0 Å². The van der Waals surface area contributed by atoms with Gasteiger partial charge in [0, 0.05) is 24.1 Å². The second-order valence-electron chi connectivity index (χ2n) is 6.69. The van der Waals surface area contributed by atoms with Crippen LogP contribution >= 0.6 is 11.6 Å². The molecular formula is C18H25ClN2O3. The van der Waals surface area contributed by atoms with Crippen molar-refractivity contribution >= 4 is 23.2 Å². The second kappa shape index (κ2) is 8.19. The molecule has 3 rings (SSSR count). The zero-order chi connectivity index (χ0) is 16.9. The van der Waals surface area contributed by atoms with Gasteiger partial charge in [-0.15, -0.1) is 0 Å². The lowest BCUT2D eigenvalue weighted by molar-refractivity contribution is -0.117. The van der Waals surface area contributed by atoms with E-state index >= 15 is 0 Å². The fraction of sp³-hybridized carbons (Fsp3) is 0.611. The number of carbonyl (C=O) groups is 1. The van der Waals surface area contributed by atoms with Gasteiger partial charge in [-0.05, 0) is 49.8 Å². The highest BCUT2D eigenvalue weighted by Gasteiger charge is 2.26. The number of nitrogens with one attached hydrogen (secondary N) is 1. The van der Waals surface area contributed by atoms with Gasteiger partial charge in [0.1, 0.15) is 12.4 Å². The van der Waals surface area contributed by atoms with E-state index in [1.807, 2.05) is 0 Å². The normalized spacial score (nSPS) is 26.5. The molecule has 0 bridgehead atoms. The van der Waals surface area contributed by atoms with Crippen molar-refractivity contribution in [2.45, 2.75) is 50.7 Å². The molecule has 1 aromatic carbocycles. The van der Waals surface area contributed by atoms with Gasteiger partial charge in [0.15, 0.2) is 0 Å². The highest BCUT2D eigenvalue weighted by molar-refractivity contribution is 6.31. The zero-order valence-corrected chi connectivity index (χ0v) is 14.6. The first-order valence-corrected chi connectivity index (χ1v) is 9.09. The third-order valence-corrected chi connectivity index (χ3v) is 5.06. The Hall–Kier alpha value is -1.30. The minimum Gasteiger partial charge on any atom is -0.489 e. The Bertz CT molecular complexity index is 575. The Balaban J connectivity index is 1.60. The summed E-state index contributed by atoms with van der Waals surface area (Å²) in [5.41, 5.74) is 6.66. The molecule has 1 unspecified atom stereocenters. The predicted octanol–water partition coefficient (Wildman–Crippen LogP) is 3.35. The van der Waals surface area contributed by atoms with Crippen molar-refractivity contribution in [3.8, 4) is 5.75 Å². The van der Waals surface area contributed by atoms with E-state index in [1.54, 1.807) is 18.2 Å². The number of hydrogen-bond donors (Lipinski definition) is 2. The van der Waals surface area contributed by atoms with Gasteiger partial charge in [0.2, 0.25) is 5.91 Å². The van der Waals surface area contributed by atoms with Crippen molar-refractivity contribution < 1.29 is 14.3 Å². The molecule has 0 aromatic heterocycles. The maximum atomic E-state index is 12.3. The predicted molar refractivity (Wildman–Crippen MR) is 94.5 cm³/mol. The number of hydrogen-bond acceptors (Lipinski definition) is 4. The number of amides is 1. The average Bonchev–Trinajstić information content (AvgIpc) is 3.19. The summed E-state index contributed by atoms with van der Waals surface area (Å²) < 4.78 is 11.4. The number of rotatable bonds is 6. The van der Waals surface area contributed by atoms with Gasteiger partial charge in [-0.1, -0.05) is 18.0 Å². The highest BCUT2D eigenvalue weighted by Crippen LogP contribution is 2.31. The molecule has 1 aliphatic heterocycles. The van der Waals surface area contributed by atoms with Crippen LogP contribution in [0.25, 0.3) is 0 Å². The summed E-state index contributed by atoms with van der Waals surface area (Å²) in [6.07, 6.45) is 5.78. The van der Waals surface area contributed by atoms with E-state index < -0.39 is 0 Å². The van der Waals surface area contributed by atoms with Crippen molar-refractivity contribution in [1.29, 1.82) is 0 Å². The summed E-state index contributed by atoms with van der Waals surface area (Å²) in [5, 5.41) is 3.49.